The minimum Gasteiger partial charge on any atom is -0.324 e. The Kier molecular flexibility index (Phi) is 3.78. The zero-order chi connectivity index (χ0) is 13.1. The third kappa shape index (κ3) is 2.96. The van der Waals surface area contributed by atoms with Gasteiger partial charge >= 0.3 is 0 Å². The third-order valence-electron chi connectivity index (χ3n) is 3.22. The van der Waals surface area contributed by atoms with E-state index >= 15 is 0 Å². The van der Waals surface area contributed by atoms with Crippen LogP contribution in [0.15, 0.2) is 42.5 Å². The van der Waals surface area contributed by atoms with Gasteiger partial charge in [0, 0.05) is 6.04 Å². The van der Waals surface area contributed by atoms with Gasteiger partial charge in [0.25, 0.3) is 0 Å². The van der Waals surface area contributed by atoms with Crippen molar-refractivity contribution in [1.82, 2.24) is 0 Å². The number of benzene rings is 2. The van der Waals surface area contributed by atoms with Gasteiger partial charge in [-0.15, -0.1) is 0 Å². The minimum absolute atomic E-state index is 0.166. The predicted molar refractivity (Wildman–Crippen MR) is 72.9 cm³/mol. The Bertz CT molecular complexity index is 549. The fourth-order valence-electron chi connectivity index (χ4n) is 2.11. The smallest absolute Gasteiger partial charge is 0.123 e. The highest BCUT2D eigenvalue weighted by molar-refractivity contribution is 5.32. The van der Waals surface area contributed by atoms with Crippen molar-refractivity contribution in [2.24, 2.45) is 5.73 Å². The first kappa shape index (κ1) is 12.8. The lowest BCUT2D eigenvalue weighted by Gasteiger charge is -2.14. The van der Waals surface area contributed by atoms with Gasteiger partial charge in [-0.05, 0) is 49.1 Å². The Morgan fingerprint density at radius 2 is 1.89 bits per heavy atom. The number of hydrogen-bond acceptors (Lipinski definition) is 1. The first-order valence-electron chi connectivity index (χ1n) is 6.13. The van der Waals surface area contributed by atoms with Gasteiger partial charge in [0.15, 0.2) is 0 Å². The van der Waals surface area contributed by atoms with Crippen LogP contribution in [0.1, 0.15) is 28.3 Å². The van der Waals surface area contributed by atoms with Crippen molar-refractivity contribution in [3.63, 3.8) is 0 Å². The van der Waals surface area contributed by atoms with Gasteiger partial charge in [0.1, 0.15) is 5.82 Å². The first-order chi connectivity index (χ1) is 8.56. The molecule has 0 saturated carbocycles. The van der Waals surface area contributed by atoms with E-state index in [9.17, 15) is 4.39 Å². The lowest BCUT2D eigenvalue weighted by Crippen LogP contribution is -2.14. The van der Waals surface area contributed by atoms with Crippen LogP contribution in [-0.2, 0) is 6.42 Å². The Balaban J connectivity index is 2.21. The van der Waals surface area contributed by atoms with Crippen molar-refractivity contribution in [3.05, 3.63) is 70.5 Å². The van der Waals surface area contributed by atoms with E-state index in [4.69, 9.17) is 5.73 Å². The average molecular weight is 243 g/mol. The van der Waals surface area contributed by atoms with Crippen molar-refractivity contribution >= 4 is 0 Å². The van der Waals surface area contributed by atoms with Gasteiger partial charge in [-0.3, -0.25) is 0 Å². The average Bonchev–Trinajstić information content (AvgIpc) is 2.34. The van der Waals surface area contributed by atoms with Crippen LogP contribution in [-0.4, -0.2) is 0 Å². The maximum Gasteiger partial charge on any atom is 0.123 e. The summed E-state index contributed by atoms with van der Waals surface area (Å²) in [7, 11) is 0. The topological polar surface area (TPSA) is 26.0 Å². The molecule has 0 aliphatic carbocycles. The van der Waals surface area contributed by atoms with Gasteiger partial charge < -0.3 is 5.73 Å². The van der Waals surface area contributed by atoms with E-state index in [0.717, 1.165) is 12.0 Å². The van der Waals surface area contributed by atoms with Crippen molar-refractivity contribution in [3.8, 4) is 0 Å². The highest BCUT2D eigenvalue weighted by atomic mass is 19.1. The molecule has 0 aliphatic heterocycles. The molecule has 0 aliphatic rings. The van der Waals surface area contributed by atoms with Gasteiger partial charge in [0.05, 0.1) is 0 Å². The molecule has 2 rings (SSSR count). The van der Waals surface area contributed by atoms with E-state index in [1.807, 2.05) is 6.07 Å². The molecule has 18 heavy (non-hydrogen) atoms. The zero-order valence-corrected chi connectivity index (χ0v) is 10.8. The fourth-order valence-corrected chi connectivity index (χ4v) is 2.11. The summed E-state index contributed by atoms with van der Waals surface area (Å²) in [5, 5.41) is 0. The minimum atomic E-state index is -0.232. The van der Waals surface area contributed by atoms with Gasteiger partial charge in [-0.2, -0.15) is 0 Å². The second-order valence-corrected chi connectivity index (χ2v) is 4.80. The Morgan fingerprint density at radius 3 is 2.61 bits per heavy atom. The lowest BCUT2D eigenvalue weighted by atomic mass is 9.95. The Morgan fingerprint density at radius 1 is 1.11 bits per heavy atom. The van der Waals surface area contributed by atoms with Crippen molar-refractivity contribution in [2.45, 2.75) is 26.3 Å². The van der Waals surface area contributed by atoms with E-state index in [2.05, 4.69) is 32.0 Å². The maximum atomic E-state index is 13.2. The molecule has 94 valence electrons. The molecule has 0 bridgehead atoms. The summed E-state index contributed by atoms with van der Waals surface area (Å²) in [4.78, 5) is 0. The standard InChI is InChI=1S/C16H18FN/c1-11-6-7-12(2)14(8-11)10-16(18)13-4-3-5-15(17)9-13/h3-9,16H,10,18H2,1-2H3. The monoisotopic (exact) mass is 243 g/mol. The molecule has 2 heteroatoms. The van der Waals surface area contributed by atoms with E-state index in [0.29, 0.717) is 0 Å². The van der Waals surface area contributed by atoms with Crippen LogP contribution in [0, 0.1) is 19.7 Å². The van der Waals surface area contributed by atoms with Crippen molar-refractivity contribution in [1.29, 1.82) is 0 Å². The van der Waals surface area contributed by atoms with E-state index in [-0.39, 0.29) is 11.9 Å². The number of aryl methyl sites for hydroxylation is 2. The maximum absolute atomic E-state index is 13.2. The quantitative estimate of drug-likeness (QED) is 0.874. The number of rotatable bonds is 3. The summed E-state index contributed by atoms with van der Waals surface area (Å²) in [6.45, 7) is 4.14. The van der Waals surface area contributed by atoms with E-state index in [1.165, 1.54) is 28.8 Å². The number of nitrogens with two attached hydrogens (primary N) is 1. The Hall–Kier alpha value is -1.67. The van der Waals surface area contributed by atoms with Crippen LogP contribution >= 0.6 is 0 Å². The summed E-state index contributed by atoms with van der Waals surface area (Å²) in [5.74, 6) is -0.232. The summed E-state index contributed by atoms with van der Waals surface area (Å²) >= 11 is 0. The molecule has 0 amide bonds. The van der Waals surface area contributed by atoms with Crippen LogP contribution < -0.4 is 5.73 Å². The summed E-state index contributed by atoms with van der Waals surface area (Å²) < 4.78 is 13.2. The van der Waals surface area contributed by atoms with Crippen LogP contribution in [0.2, 0.25) is 0 Å². The predicted octanol–water partition coefficient (Wildman–Crippen LogP) is 3.69. The fraction of sp³-hybridized carbons (Fsp3) is 0.250. The van der Waals surface area contributed by atoms with Gasteiger partial charge in [-0.1, -0.05) is 35.9 Å². The summed E-state index contributed by atoms with van der Waals surface area (Å²) in [6, 6.07) is 12.7. The third-order valence-corrected chi connectivity index (χ3v) is 3.22. The molecular weight excluding hydrogens is 225 g/mol. The molecule has 2 aromatic carbocycles. The number of hydrogen-bond donors (Lipinski definition) is 1. The molecule has 0 saturated heterocycles. The molecule has 0 fully saturated rings. The molecule has 2 aromatic rings. The van der Waals surface area contributed by atoms with Crippen LogP contribution in [0.3, 0.4) is 0 Å². The highest BCUT2D eigenvalue weighted by Gasteiger charge is 2.09. The van der Waals surface area contributed by atoms with Crippen LogP contribution in [0.5, 0.6) is 0 Å². The lowest BCUT2D eigenvalue weighted by molar-refractivity contribution is 0.618. The van der Waals surface area contributed by atoms with E-state index in [1.54, 1.807) is 6.07 Å². The second-order valence-electron chi connectivity index (χ2n) is 4.80. The van der Waals surface area contributed by atoms with Crippen molar-refractivity contribution in [2.75, 3.05) is 0 Å². The molecule has 1 unspecified atom stereocenters. The second kappa shape index (κ2) is 5.32. The van der Waals surface area contributed by atoms with Crippen molar-refractivity contribution < 1.29 is 4.39 Å². The normalized spacial score (nSPS) is 12.4. The molecule has 2 N–H and O–H groups in total. The summed E-state index contributed by atoms with van der Waals surface area (Å²) in [6.07, 6.45) is 0.733. The molecular formula is C16H18FN. The number of halogens is 1. The van der Waals surface area contributed by atoms with E-state index < -0.39 is 0 Å². The van der Waals surface area contributed by atoms with Crippen LogP contribution in [0.4, 0.5) is 4.39 Å². The Labute approximate surface area is 107 Å². The first-order valence-corrected chi connectivity index (χ1v) is 6.13. The molecule has 1 nitrogen and oxygen atoms in total. The molecule has 1 atom stereocenters. The largest absolute Gasteiger partial charge is 0.324 e. The molecule has 0 radical (unpaired) electrons. The SMILES string of the molecule is Cc1ccc(C)c(CC(N)c2cccc(F)c2)c1. The molecule has 0 spiro atoms. The van der Waals surface area contributed by atoms with Gasteiger partial charge in [0.2, 0.25) is 0 Å². The summed E-state index contributed by atoms with van der Waals surface area (Å²) in [5.41, 5.74) is 10.7. The molecule has 0 aromatic heterocycles. The zero-order valence-electron chi connectivity index (χ0n) is 10.8. The highest BCUT2D eigenvalue weighted by Crippen LogP contribution is 2.20. The van der Waals surface area contributed by atoms with Gasteiger partial charge in [-0.25, -0.2) is 4.39 Å². The molecule has 0 heterocycles. The van der Waals surface area contributed by atoms with Crippen LogP contribution in [0.25, 0.3) is 0 Å².